The lowest BCUT2D eigenvalue weighted by Gasteiger charge is -2.22. The minimum atomic E-state index is -0.124. The summed E-state index contributed by atoms with van der Waals surface area (Å²) < 4.78 is 1.90. The fourth-order valence-corrected chi connectivity index (χ4v) is 2.91. The zero-order valence-corrected chi connectivity index (χ0v) is 13.7. The van der Waals surface area contributed by atoms with E-state index >= 15 is 0 Å². The van der Waals surface area contributed by atoms with Gasteiger partial charge in [-0.3, -0.25) is 9.48 Å². The van der Waals surface area contributed by atoms with Gasteiger partial charge in [-0.15, -0.1) is 0 Å². The fourth-order valence-electron chi connectivity index (χ4n) is 2.78. The number of hydrogen-bond donors (Lipinski definition) is 2. The molecule has 5 nitrogen and oxygen atoms in total. The average molecular weight is 333 g/mol. The Bertz CT molecular complexity index is 647. The third kappa shape index (κ3) is 4.33. The Labute approximate surface area is 141 Å². The molecule has 0 saturated carbocycles. The van der Waals surface area contributed by atoms with Crippen LogP contribution in [0, 0.1) is 0 Å². The molecular formula is C17H21ClN4O. The maximum absolute atomic E-state index is 12.2. The quantitative estimate of drug-likeness (QED) is 0.884. The molecule has 0 bridgehead atoms. The number of nitrogens with one attached hydrogen (secondary N) is 2. The number of carbonyl (C=O) groups is 1. The van der Waals surface area contributed by atoms with Crippen LogP contribution < -0.4 is 10.6 Å². The van der Waals surface area contributed by atoms with Crippen molar-refractivity contribution in [1.29, 1.82) is 0 Å². The molecule has 1 aliphatic rings. The Morgan fingerprint density at radius 1 is 1.35 bits per heavy atom. The van der Waals surface area contributed by atoms with Crippen LogP contribution in [0.3, 0.4) is 0 Å². The lowest BCUT2D eigenvalue weighted by molar-refractivity contribution is 0.0948. The van der Waals surface area contributed by atoms with Crippen molar-refractivity contribution in [2.75, 3.05) is 19.6 Å². The summed E-state index contributed by atoms with van der Waals surface area (Å²) in [7, 11) is 0. The zero-order valence-electron chi connectivity index (χ0n) is 13.0. The topological polar surface area (TPSA) is 59.0 Å². The zero-order chi connectivity index (χ0) is 16.1. The molecule has 1 aromatic heterocycles. The maximum Gasteiger partial charge on any atom is 0.271 e. The van der Waals surface area contributed by atoms with Gasteiger partial charge in [0.25, 0.3) is 5.91 Å². The van der Waals surface area contributed by atoms with Crippen molar-refractivity contribution in [2.24, 2.45) is 0 Å². The second-order valence-electron chi connectivity index (χ2n) is 5.81. The highest BCUT2D eigenvalue weighted by molar-refractivity contribution is 6.30. The first-order valence-corrected chi connectivity index (χ1v) is 8.39. The molecule has 1 amide bonds. The summed E-state index contributed by atoms with van der Waals surface area (Å²) >= 11 is 5.86. The SMILES string of the molecule is O=C(NCCc1ccc(Cl)cc1)c1ccn(C2CCCNC2)n1. The number of carbonyl (C=O) groups excluding carboxylic acids is 1. The van der Waals surface area contributed by atoms with Crippen LogP contribution in [0.25, 0.3) is 0 Å². The van der Waals surface area contributed by atoms with Crippen LogP contribution in [0.1, 0.15) is 34.9 Å². The third-order valence-electron chi connectivity index (χ3n) is 4.10. The third-order valence-corrected chi connectivity index (χ3v) is 4.35. The molecule has 0 spiro atoms. The number of aromatic nitrogens is 2. The predicted molar refractivity (Wildman–Crippen MR) is 90.9 cm³/mol. The van der Waals surface area contributed by atoms with Gasteiger partial charge in [-0.1, -0.05) is 23.7 Å². The summed E-state index contributed by atoms with van der Waals surface area (Å²) in [5.41, 5.74) is 1.63. The summed E-state index contributed by atoms with van der Waals surface area (Å²) in [6.07, 6.45) is 4.92. The van der Waals surface area contributed by atoms with Gasteiger partial charge in [0.05, 0.1) is 6.04 Å². The summed E-state index contributed by atoms with van der Waals surface area (Å²) in [6, 6.07) is 9.79. The first kappa shape index (κ1) is 16.0. The normalized spacial score (nSPS) is 17.9. The second kappa shape index (κ2) is 7.62. The van der Waals surface area contributed by atoms with E-state index < -0.39 is 0 Å². The van der Waals surface area contributed by atoms with Gasteiger partial charge < -0.3 is 10.6 Å². The Morgan fingerprint density at radius 2 is 2.17 bits per heavy atom. The van der Waals surface area contributed by atoms with E-state index in [1.54, 1.807) is 6.07 Å². The minimum absolute atomic E-state index is 0.124. The molecule has 2 N–H and O–H groups in total. The van der Waals surface area contributed by atoms with Crippen molar-refractivity contribution >= 4 is 17.5 Å². The highest BCUT2D eigenvalue weighted by Gasteiger charge is 2.17. The Morgan fingerprint density at radius 3 is 2.91 bits per heavy atom. The van der Waals surface area contributed by atoms with Crippen LogP contribution in [0.4, 0.5) is 0 Å². The van der Waals surface area contributed by atoms with Crippen LogP contribution >= 0.6 is 11.6 Å². The van der Waals surface area contributed by atoms with Gasteiger partial charge in [0.15, 0.2) is 0 Å². The molecule has 2 heterocycles. The Balaban J connectivity index is 1.50. The molecule has 2 aromatic rings. The number of hydrogen-bond acceptors (Lipinski definition) is 3. The predicted octanol–water partition coefficient (Wildman–Crippen LogP) is 2.43. The number of rotatable bonds is 5. The molecule has 1 aromatic carbocycles. The van der Waals surface area contributed by atoms with Gasteiger partial charge in [0.1, 0.15) is 5.69 Å². The number of benzene rings is 1. The summed E-state index contributed by atoms with van der Waals surface area (Å²) in [4.78, 5) is 12.2. The van der Waals surface area contributed by atoms with Crippen molar-refractivity contribution in [2.45, 2.75) is 25.3 Å². The number of halogens is 1. The van der Waals surface area contributed by atoms with E-state index in [9.17, 15) is 4.79 Å². The largest absolute Gasteiger partial charge is 0.350 e. The molecular weight excluding hydrogens is 312 g/mol. The lowest BCUT2D eigenvalue weighted by atomic mass is 10.1. The molecule has 1 aliphatic heterocycles. The van der Waals surface area contributed by atoms with E-state index in [4.69, 9.17) is 11.6 Å². The van der Waals surface area contributed by atoms with E-state index in [-0.39, 0.29) is 5.91 Å². The lowest BCUT2D eigenvalue weighted by Crippen LogP contribution is -2.32. The Hall–Kier alpha value is -1.85. The molecule has 1 fully saturated rings. The molecule has 1 saturated heterocycles. The van der Waals surface area contributed by atoms with Gasteiger partial charge in [0.2, 0.25) is 0 Å². The minimum Gasteiger partial charge on any atom is -0.350 e. The Kier molecular flexibility index (Phi) is 5.31. The van der Waals surface area contributed by atoms with E-state index in [1.807, 2.05) is 35.1 Å². The monoisotopic (exact) mass is 332 g/mol. The molecule has 1 unspecified atom stereocenters. The summed E-state index contributed by atoms with van der Waals surface area (Å²) in [5, 5.41) is 11.4. The first-order valence-electron chi connectivity index (χ1n) is 8.01. The number of piperidine rings is 1. The van der Waals surface area contributed by atoms with Gasteiger partial charge in [-0.05, 0) is 49.6 Å². The molecule has 23 heavy (non-hydrogen) atoms. The second-order valence-corrected chi connectivity index (χ2v) is 6.25. The van der Waals surface area contributed by atoms with Crippen molar-refractivity contribution in [3.63, 3.8) is 0 Å². The van der Waals surface area contributed by atoms with Crippen LogP contribution in [0.15, 0.2) is 36.5 Å². The van der Waals surface area contributed by atoms with Crippen LogP contribution in [0.2, 0.25) is 5.02 Å². The first-order chi connectivity index (χ1) is 11.2. The van der Waals surface area contributed by atoms with Gasteiger partial charge in [0, 0.05) is 24.3 Å². The van der Waals surface area contributed by atoms with Gasteiger partial charge in [-0.2, -0.15) is 5.10 Å². The molecule has 0 radical (unpaired) electrons. The van der Waals surface area contributed by atoms with Crippen molar-refractivity contribution in [1.82, 2.24) is 20.4 Å². The molecule has 3 rings (SSSR count). The fraction of sp³-hybridized carbons (Fsp3) is 0.412. The maximum atomic E-state index is 12.2. The van der Waals surface area contributed by atoms with E-state index in [1.165, 1.54) is 0 Å². The molecule has 122 valence electrons. The van der Waals surface area contributed by atoms with Crippen molar-refractivity contribution in [3.05, 3.63) is 52.8 Å². The standard InChI is InChI=1S/C17H21ClN4O/c18-14-5-3-13(4-6-14)7-10-20-17(23)16-8-11-22(21-16)15-2-1-9-19-12-15/h3-6,8,11,15,19H,1-2,7,9-10,12H2,(H,20,23). The van der Waals surface area contributed by atoms with Crippen molar-refractivity contribution < 1.29 is 4.79 Å². The van der Waals surface area contributed by atoms with Crippen LogP contribution in [-0.2, 0) is 6.42 Å². The highest BCUT2D eigenvalue weighted by Crippen LogP contribution is 2.15. The van der Waals surface area contributed by atoms with E-state index in [0.29, 0.717) is 18.3 Å². The smallest absolute Gasteiger partial charge is 0.271 e. The van der Waals surface area contributed by atoms with Crippen LogP contribution in [0.5, 0.6) is 0 Å². The summed E-state index contributed by atoms with van der Waals surface area (Å²) in [5.74, 6) is -0.124. The van der Waals surface area contributed by atoms with Gasteiger partial charge >= 0.3 is 0 Å². The van der Waals surface area contributed by atoms with Crippen LogP contribution in [-0.4, -0.2) is 35.3 Å². The highest BCUT2D eigenvalue weighted by atomic mass is 35.5. The number of amides is 1. The van der Waals surface area contributed by atoms with Gasteiger partial charge in [-0.25, -0.2) is 0 Å². The van der Waals surface area contributed by atoms with E-state index in [0.717, 1.165) is 42.9 Å². The number of nitrogens with zero attached hydrogens (tertiary/aromatic N) is 2. The average Bonchev–Trinajstić information content (AvgIpc) is 3.07. The molecule has 1 atom stereocenters. The molecule has 6 heteroatoms. The molecule has 0 aliphatic carbocycles. The summed E-state index contributed by atoms with van der Waals surface area (Å²) in [6.45, 7) is 2.56. The van der Waals surface area contributed by atoms with E-state index in [2.05, 4.69) is 15.7 Å². The van der Waals surface area contributed by atoms with Crippen molar-refractivity contribution in [3.8, 4) is 0 Å².